The van der Waals surface area contributed by atoms with Crippen LogP contribution in [0.3, 0.4) is 0 Å². The molecule has 0 aliphatic heterocycles. The van der Waals surface area contributed by atoms with Crippen molar-refractivity contribution in [2.75, 3.05) is 0 Å². The molecule has 16 heavy (non-hydrogen) atoms. The molecule has 0 bridgehead atoms. The molecule has 88 valence electrons. The Bertz CT molecular complexity index is 384. The van der Waals surface area contributed by atoms with Crippen LogP contribution in [0, 0.1) is 5.92 Å². The van der Waals surface area contributed by atoms with Crippen molar-refractivity contribution in [2.24, 2.45) is 5.92 Å². The molecule has 1 saturated carbocycles. The molecule has 0 spiro atoms. The molecule has 3 unspecified atom stereocenters. The zero-order valence-corrected chi connectivity index (χ0v) is 10.7. The second-order valence-electron chi connectivity index (χ2n) is 5.42. The number of fused-ring (bicyclic) bond motifs is 1. The molecule has 0 radical (unpaired) electrons. The molecule has 3 rings (SSSR count). The van der Waals surface area contributed by atoms with Gasteiger partial charge in [0.25, 0.3) is 0 Å². The summed E-state index contributed by atoms with van der Waals surface area (Å²) >= 11 is 1.88. The third-order valence-electron chi connectivity index (χ3n) is 4.41. The Morgan fingerprint density at radius 3 is 3.25 bits per heavy atom. The average molecular weight is 236 g/mol. The Labute approximate surface area is 102 Å². The standard InChI is InChI=1S/C14H20OS/c1-2-4-10-9-14(10,15)12-5-3-6-13-11(12)7-8-16-13/h7-8,10,12,15H,2-6,9H2,1H3. The first-order valence-electron chi connectivity index (χ1n) is 6.54. The van der Waals surface area contributed by atoms with Gasteiger partial charge < -0.3 is 5.11 Å². The summed E-state index contributed by atoms with van der Waals surface area (Å²) in [5, 5.41) is 12.9. The molecule has 1 fully saturated rings. The second kappa shape index (κ2) is 3.85. The van der Waals surface area contributed by atoms with Crippen LogP contribution in [0.25, 0.3) is 0 Å². The van der Waals surface area contributed by atoms with E-state index in [2.05, 4.69) is 18.4 Å². The Kier molecular flexibility index (Phi) is 2.60. The van der Waals surface area contributed by atoms with Gasteiger partial charge in [-0.1, -0.05) is 13.3 Å². The van der Waals surface area contributed by atoms with Crippen LogP contribution in [-0.4, -0.2) is 10.7 Å². The summed E-state index contributed by atoms with van der Waals surface area (Å²) in [6.45, 7) is 2.22. The van der Waals surface area contributed by atoms with E-state index in [1.54, 1.807) is 0 Å². The van der Waals surface area contributed by atoms with Crippen LogP contribution in [0.15, 0.2) is 11.4 Å². The van der Waals surface area contributed by atoms with Gasteiger partial charge in [-0.2, -0.15) is 0 Å². The quantitative estimate of drug-likeness (QED) is 0.848. The van der Waals surface area contributed by atoms with E-state index < -0.39 is 0 Å². The fraction of sp³-hybridized carbons (Fsp3) is 0.714. The fourth-order valence-electron chi connectivity index (χ4n) is 3.47. The second-order valence-corrected chi connectivity index (χ2v) is 6.43. The molecule has 1 aromatic heterocycles. The van der Waals surface area contributed by atoms with E-state index in [0.717, 1.165) is 6.42 Å². The summed E-state index contributed by atoms with van der Waals surface area (Å²) in [4.78, 5) is 1.53. The molecule has 1 aromatic rings. The van der Waals surface area contributed by atoms with Gasteiger partial charge in [0.15, 0.2) is 0 Å². The number of aryl methyl sites for hydroxylation is 1. The van der Waals surface area contributed by atoms with Crippen molar-refractivity contribution in [1.29, 1.82) is 0 Å². The van der Waals surface area contributed by atoms with Crippen molar-refractivity contribution in [3.8, 4) is 0 Å². The van der Waals surface area contributed by atoms with E-state index in [9.17, 15) is 5.11 Å². The van der Waals surface area contributed by atoms with Gasteiger partial charge in [-0.15, -0.1) is 11.3 Å². The third kappa shape index (κ3) is 1.54. The van der Waals surface area contributed by atoms with Gasteiger partial charge >= 0.3 is 0 Å². The largest absolute Gasteiger partial charge is 0.389 e. The summed E-state index contributed by atoms with van der Waals surface area (Å²) in [6.07, 6.45) is 7.14. The number of hydrogen-bond donors (Lipinski definition) is 1. The monoisotopic (exact) mass is 236 g/mol. The molecule has 2 heteroatoms. The predicted molar refractivity (Wildman–Crippen MR) is 68.0 cm³/mol. The number of aliphatic hydroxyl groups is 1. The van der Waals surface area contributed by atoms with Crippen LogP contribution in [0.5, 0.6) is 0 Å². The lowest BCUT2D eigenvalue weighted by Crippen LogP contribution is -2.25. The molecule has 0 aromatic carbocycles. The molecule has 3 atom stereocenters. The number of thiophene rings is 1. The minimum Gasteiger partial charge on any atom is -0.389 e. The van der Waals surface area contributed by atoms with Crippen LogP contribution in [0.1, 0.15) is 55.4 Å². The third-order valence-corrected chi connectivity index (χ3v) is 5.41. The summed E-state index contributed by atoms with van der Waals surface area (Å²) in [6, 6.07) is 2.25. The van der Waals surface area contributed by atoms with E-state index in [1.165, 1.54) is 42.5 Å². The lowest BCUT2D eigenvalue weighted by atomic mass is 9.81. The SMILES string of the molecule is CCCC1CC1(O)C1CCCc2sccc21. The minimum absolute atomic E-state index is 0.341. The molecule has 1 nitrogen and oxygen atoms in total. The summed E-state index contributed by atoms with van der Waals surface area (Å²) in [7, 11) is 0. The van der Waals surface area contributed by atoms with Gasteiger partial charge in [0.2, 0.25) is 0 Å². The van der Waals surface area contributed by atoms with E-state index in [-0.39, 0.29) is 5.60 Å². The Hall–Kier alpha value is -0.340. The maximum Gasteiger partial charge on any atom is 0.0749 e. The van der Waals surface area contributed by atoms with Crippen LogP contribution >= 0.6 is 11.3 Å². The first-order chi connectivity index (χ1) is 7.75. The zero-order valence-electron chi connectivity index (χ0n) is 9.91. The first-order valence-corrected chi connectivity index (χ1v) is 7.42. The molecule has 1 N–H and O–H groups in total. The topological polar surface area (TPSA) is 20.2 Å². The van der Waals surface area contributed by atoms with Gasteiger partial charge in [0.05, 0.1) is 5.60 Å². The van der Waals surface area contributed by atoms with E-state index >= 15 is 0 Å². The van der Waals surface area contributed by atoms with Crippen molar-refractivity contribution in [2.45, 2.75) is 57.0 Å². The molecular weight excluding hydrogens is 216 g/mol. The highest BCUT2D eigenvalue weighted by atomic mass is 32.1. The molecule has 0 saturated heterocycles. The number of hydrogen-bond acceptors (Lipinski definition) is 2. The fourth-order valence-corrected chi connectivity index (χ4v) is 4.46. The van der Waals surface area contributed by atoms with Gasteiger partial charge in [-0.3, -0.25) is 0 Å². The Morgan fingerprint density at radius 2 is 2.44 bits per heavy atom. The lowest BCUT2D eigenvalue weighted by Gasteiger charge is -2.28. The summed E-state index contributed by atoms with van der Waals surface area (Å²) < 4.78 is 0. The van der Waals surface area contributed by atoms with Crippen molar-refractivity contribution in [3.05, 3.63) is 21.9 Å². The van der Waals surface area contributed by atoms with Crippen molar-refractivity contribution < 1.29 is 5.11 Å². The lowest BCUT2D eigenvalue weighted by molar-refractivity contribution is 0.0902. The molecule has 2 aliphatic rings. The van der Waals surface area contributed by atoms with Crippen molar-refractivity contribution >= 4 is 11.3 Å². The highest BCUT2D eigenvalue weighted by Gasteiger charge is 2.57. The molecule has 0 amide bonds. The summed E-state index contributed by atoms with van der Waals surface area (Å²) in [5.74, 6) is 1.02. The van der Waals surface area contributed by atoms with E-state index in [1.807, 2.05) is 11.3 Å². The van der Waals surface area contributed by atoms with Gasteiger partial charge in [-0.05, 0) is 55.0 Å². The van der Waals surface area contributed by atoms with Gasteiger partial charge in [0.1, 0.15) is 0 Å². The van der Waals surface area contributed by atoms with Crippen LogP contribution in [-0.2, 0) is 6.42 Å². The maximum absolute atomic E-state index is 10.7. The zero-order chi connectivity index (χ0) is 11.2. The average Bonchev–Trinajstić information content (AvgIpc) is 2.77. The summed E-state index contributed by atoms with van der Waals surface area (Å²) in [5.41, 5.74) is 1.13. The normalized spacial score (nSPS) is 37.1. The number of rotatable bonds is 3. The highest BCUT2D eigenvalue weighted by molar-refractivity contribution is 7.10. The molecular formula is C14H20OS. The highest BCUT2D eigenvalue weighted by Crippen LogP contribution is 2.58. The smallest absolute Gasteiger partial charge is 0.0749 e. The minimum atomic E-state index is -0.341. The van der Waals surface area contributed by atoms with E-state index in [4.69, 9.17) is 0 Å². The molecule has 2 aliphatic carbocycles. The molecule has 1 heterocycles. The van der Waals surface area contributed by atoms with E-state index in [0.29, 0.717) is 11.8 Å². The van der Waals surface area contributed by atoms with Crippen LogP contribution in [0.2, 0.25) is 0 Å². The Morgan fingerprint density at radius 1 is 1.56 bits per heavy atom. The first kappa shape index (κ1) is 10.8. The Balaban J connectivity index is 1.83. The van der Waals surface area contributed by atoms with Gasteiger partial charge in [0, 0.05) is 10.8 Å². The van der Waals surface area contributed by atoms with Crippen molar-refractivity contribution in [1.82, 2.24) is 0 Å². The van der Waals surface area contributed by atoms with Gasteiger partial charge in [-0.25, -0.2) is 0 Å². The van der Waals surface area contributed by atoms with Crippen molar-refractivity contribution in [3.63, 3.8) is 0 Å². The maximum atomic E-state index is 10.7. The van der Waals surface area contributed by atoms with Crippen LogP contribution < -0.4 is 0 Å². The van der Waals surface area contributed by atoms with Crippen LogP contribution in [0.4, 0.5) is 0 Å². The predicted octanol–water partition coefficient (Wildman–Crippen LogP) is 3.72.